The highest BCUT2D eigenvalue weighted by Gasteiger charge is 2.48. The van der Waals surface area contributed by atoms with Crippen molar-refractivity contribution in [2.45, 2.75) is 13.0 Å². The number of hydrogen-bond acceptors (Lipinski definition) is 6. The van der Waals surface area contributed by atoms with E-state index in [0.717, 1.165) is 10.5 Å². The molecule has 1 amide bonds. The van der Waals surface area contributed by atoms with Gasteiger partial charge in [-0.15, -0.1) is 0 Å². The molecule has 1 aliphatic heterocycles. The highest BCUT2D eigenvalue weighted by atomic mass is 35.5. The van der Waals surface area contributed by atoms with Gasteiger partial charge in [0, 0.05) is 17.4 Å². The van der Waals surface area contributed by atoms with Crippen LogP contribution in [0.4, 0.5) is 5.69 Å². The smallest absolute Gasteiger partial charge is 0.300 e. The molecule has 1 unspecified atom stereocenters. The lowest BCUT2D eigenvalue weighted by Gasteiger charge is -2.26. The Bertz CT molecular complexity index is 1310. The summed E-state index contributed by atoms with van der Waals surface area (Å²) in [5.74, 6) is -2.48. The molecule has 1 atom stereocenters. The Morgan fingerprint density at radius 2 is 1.91 bits per heavy atom. The fourth-order valence-corrected chi connectivity index (χ4v) is 4.42. The Hall–Kier alpha value is -3.55. The molecule has 0 radical (unpaired) electrons. The van der Waals surface area contributed by atoms with Crippen LogP contribution in [0, 0.1) is 6.92 Å². The number of carbonyl (C=O) groups is 2. The number of phenols is 1. The minimum Gasteiger partial charge on any atom is -0.507 e. The first-order chi connectivity index (χ1) is 15.7. The number of aromatic hydroxyl groups is 1. The first kappa shape index (κ1) is 22.6. The van der Waals surface area contributed by atoms with Crippen molar-refractivity contribution in [1.29, 1.82) is 0 Å². The minimum absolute atomic E-state index is 0.0513. The van der Waals surface area contributed by atoms with E-state index >= 15 is 0 Å². The van der Waals surface area contributed by atoms with Gasteiger partial charge >= 0.3 is 0 Å². The molecule has 2 aromatic carbocycles. The van der Waals surface area contributed by atoms with Crippen molar-refractivity contribution in [3.05, 3.63) is 87.2 Å². The summed E-state index contributed by atoms with van der Waals surface area (Å²) >= 11 is 12.4. The number of anilines is 1. The average Bonchev–Trinajstić information content (AvgIpc) is 3.05. The van der Waals surface area contributed by atoms with E-state index in [1.807, 2.05) is 0 Å². The molecule has 1 aliphatic rings. The molecule has 4 rings (SSSR count). The summed E-state index contributed by atoms with van der Waals surface area (Å²) in [6, 6.07) is 9.74. The quantitative estimate of drug-likeness (QED) is 0.305. The lowest BCUT2D eigenvalue weighted by atomic mass is 9.95. The minimum atomic E-state index is -1.08. The number of phenolic OH excluding ortho intramolecular Hbond substituents is 1. The van der Waals surface area contributed by atoms with Crippen LogP contribution in [0.5, 0.6) is 11.5 Å². The molecule has 1 saturated heterocycles. The number of halogens is 2. The molecule has 3 aromatic rings. The van der Waals surface area contributed by atoms with Gasteiger partial charge in [-0.3, -0.25) is 19.5 Å². The number of aliphatic hydroxyl groups is 1. The molecule has 0 spiro atoms. The fraction of sp³-hybridized carbons (Fsp3) is 0.125. The number of amides is 1. The van der Waals surface area contributed by atoms with Crippen molar-refractivity contribution in [2.24, 2.45) is 0 Å². The Kier molecular flexibility index (Phi) is 6.01. The molecule has 2 heterocycles. The lowest BCUT2D eigenvalue weighted by Crippen LogP contribution is -2.29. The number of nitrogens with zero attached hydrogens (tertiary/aromatic N) is 2. The number of ether oxygens (including phenoxy) is 1. The first-order valence-electron chi connectivity index (χ1n) is 9.78. The second kappa shape index (κ2) is 8.77. The van der Waals surface area contributed by atoms with Crippen LogP contribution in [0.25, 0.3) is 5.76 Å². The normalized spacial score (nSPS) is 17.5. The summed E-state index contributed by atoms with van der Waals surface area (Å²) in [5.41, 5.74) is 1.17. The van der Waals surface area contributed by atoms with E-state index in [-0.39, 0.29) is 38.4 Å². The monoisotopic (exact) mass is 484 g/mol. The third kappa shape index (κ3) is 3.90. The van der Waals surface area contributed by atoms with Gasteiger partial charge in [-0.1, -0.05) is 35.3 Å². The van der Waals surface area contributed by atoms with Crippen LogP contribution < -0.4 is 9.64 Å². The zero-order valence-electron chi connectivity index (χ0n) is 17.5. The van der Waals surface area contributed by atoms with E-state index < -0.39 is 23.5 Å². The van der Waals surface area contributed by atoms with E-state index in [0.29, 0.717) is 5.56 Å². The highest BCUT2D eigenvalue weighted by molar-refractivity contribution is 6.52. The van der Waals surface area contributed by atoms with Gasteiger partial charge in [-0.25, -0.2) is 0 Å². The van der Waals surface area contributed by atoms with Crippen LogP contribution in [0.15, 0.2) is 60.4 Å². The Morgan fingerprint density at radius 3 is 2.58 bits per heavy atom. The van der Waals surface area contributed by atoms with Crippen LogP contribution in [0.2, 0.25) is 10.0 Å². The topological polar surface area (TPSA) is 100.0 Å². The number of aliphatic hydroxyl groups excluding tert-OH is 1. The summed E-state index contributed by atoms with van der Waals surface area (Å²) < 4.78 is 5.31. The SMILES string of the molecule is COc1c(Cl)cc(Cl)cc1/C(O)=C1\C(=O)C(=O)N(c2cc(C)ccc2O)C1c1cccnc1. The molecular formula is C24H18Cl2N2O5. The van der Waals surface area contributed by atoms with Gasteiger partial charge in [0.15, 0.2) is 0 Å². The molecule has 0 aliphatic carbocycles. The molecule has 1 fully saturated rings. The number of aryl methyl sites for hydroxylation is 1. The number of methoxy groups -OCH3 is 1. The lowest BCUT2D eigenvalue weighted by molar-refractivity contribution is -0.132. The second-order valence-electron chi connectivity index (χ2n) is 7.42. The second-order valence-corrected chi connectivity index (χ2v) is 8.26. The zero-order chi connectivity index (χ0) is 23.9. The summed E-state index contributed by atoms with van der Waals surface area (Å²) in [6.45, 7) is 1.79. The van der Waals surface area contributed by atoms with Crippen molar-refractivity contribution < 1.29 is 24.5 Å². The predicted octanol–water partition coefficient (Wildman–Crippen LogP) is 5.04. The van der Waals surface area contributed by atoms with Gasteiger partial charge in [0.25, 0.3) is 11.7 Å². The van der Waals surface area contributed by atoms with E-state index in [4.69, 9.17) is 27.9 Å². The Labute approximate surface area is 199 Å². The van der Waals surface area contributed by atoms with Gasteiger partial charge in [0.2, 0.25) is 0 Å². The molecule has 7 nitrogen and oxygen atoms in total. The molecule has 1 aromatic heterocycles. The highest BCUT2D eigenvalue weighted by Crippen LogP contribution is 2.46. The first-order valence-corrected chi connectivity index (χ1v) is 10.5. The molecule has 33 heavy (non-hydrogen) atoms. The van der Waals surface area contributed by atoms with Crippen LogP contribution in [-0.4, -0.2) is 34.0 Å². The van der Waals surface area contributed by atoms with Gasteiger partial charge < -0.3 is 14.9 Å². The predicted molar refractivity (Wildman–Crippen MR) is 125 cm³/mol. The fourth-order valence-electron chi connectivity index (χ4n) is 3.85. The maximum Gasteiger partial charge on any atom is 0.300 e. The van der Waals surface area contributed by atoms with Gasteiger partial charge in [0.05, 0.1) is 35.0 Å². The number of rotatable bonds is 4. The van der Waals surface area contributed by atoms with Crippen molar-refractivity contribution in [1.82, 2.24) is 4.98 Å². The van der Waals surface area contributed by atoms with Gasteiger partial charge in [-0.05, 0) is 48.4 Å². The summed E-state index contributed by atoms with van der Waals surface area (Å²) in [6.07, 6.45) is 3.02. The van der Waals surface area contributed by atoms with Crippen LogP contribution in [-0.2, 0) is 9.59 Å². The number of benzene rings is 2. The molecule has 0 saturated carbocycles. The average molecular weight is 485 g/mol. The van der Waals surface area contributed by atoms with Crippen LogP contribution in [0.3, 0.4) is 0 Å². The number of hydrogen-bond donors (Lipinski definition) is 2. The number of pyridine rings is 1. The summed E-state index contributed by atoms with van der Waals surface area (Å²) in [7, 11) is 1.36. The molecule has 0 bridgehead atoms. The van der Waals surface area contributed by atoms with Crippen molar-refractivity contribution in [2.75, 3.05) is 12.0 Å². The number of carbonyl (C=O) groups excluding carboxylic acids is 2. The maximum absolute atomic E-state index is 13.2. The van der Waals surface area contributed by atoms with Crippen molar-refractivity contribution in [3.8, 4) is 11.5 Å². The summed E-state index contributed by atoms with van der Waals surface area (Å²) in [4.78, 5) is 31.7. The van der Waals surface area contributed by atoms with E-state index in [2.05, 4.69) is 4.98 Å². The van der Waals surface area contributed by atoms with E-state index in [9.17, 15) is 19.8 Å². The third-order valence-electron chi connectivity index (χ3n) is 5.30. The third-order valence-corrected chi connectivity index (χ3v) is 5.80. The molecule has 168 valence electrons. The van der Waals surface area contributed by atoms with Crippen molar-refractivity contribution >= 4 is 46.3 Å². The number of aromatic nitrogens is 1. The largest absolute Gasteiger partial charge is 0.507 e. The number of ketones is 1. The van der Waals surface area contributed by atoms with Crippen LogP contribution >= 0.6 is 23.2 Å². The zero-order valence-corrected chi connectivity index (χ0v) is 19.1. The Balaban J connectivity index is 2.03. The molecule has 2 N–H and O–H groups in total. The van der Waals surface area contributed by atoms with Gasteiger partial charge in [-0.2, -0.15) is 0 Å². The standard InChI is InChI=1S/C24H18Cl2N2O5/c1-12-5-6-18(29)17(8-12)28-20(13-4-3-7-27-11-13)19(22(31)24(28)32)21(30)15-9-14(25)10-16(26)23(15)33-2/h3-11,20,29-30H,1-2H3/b21-19+. The van der Waals surface area contributed by atoms with Crippen LogP contribution in [0.1, 0.15) is 22.7 Å². The molecular weight excluding hydrogens is 467 g/mol. The van der Waals surface area contributed by atoms with E-state index in [1.54, 1.807) is 37.4 Å². The number of Topliss-reactive ketones (excluding diaryl/α,β-unsaturated/α-hetero) is 1. The van der Waals surface area contributed by atoms with Crippen molar-refractivity contribution in [3.63, 3.8) is 0 Å². The maximum atomic E-state index is 13.2. The van der Waals surface area contributed by atoms with E-state index in [1.165, 1.54) is 31.5 Å². The summed E-state index contributed by atoms with van der Waals surface area (Å²) in [5, 5.41) is 22.1. The Morgan fingerprint density at radius 1 is 1.15 bits per heavy atom. The molecule has 9 heteroatoms. The van der Waals surface area contributed by atoms with Gasteiger partial charge in [0.1, 0.15) is 17.3 Å².